The molecular weight excluding hydrogens is 327 g/mol. The molecule has 0 radical (unpaired) electrons. The van der Waals surface area contributed by atoms with Crippen LogP contribution in [0.15, 0.2) is 40.8 Å². The van der Waals surface area contributed by atoms with Crippen LogP contribution in [-0.4, -0.2) is 17.4 Å². The molecule has 0 aliphatic carbocycles. The first kappa shape index (κ1) is 16.4. The van der Waals surface area contributed by atoms with E-state index in [1.54, 1.807) is 13.0 Å². The second-order valence-electron chi connectivity index (χ2n) is 5.48. The lowest BCUT2D eigenvalue weighted by Gasteiger charge is -2.04. The fraction of sp³-hybridized carbons (Fsp3) is 0.222. The first-order chi connectivity index (χ1) is 11.5. The largest absolute Gasteiger partial charge is 0.459 e. The van der Waals surface area contributed by atoms with Gasteiger partial charge in [-0.05, 0) is 50.1 Å². The zero-order chi connectivity index (χ0) is 17.1. The van der Waals surface area contributed by atoms with Gasteiger partial charge in [-0.1, -0.05) is 12.1 Å². The number of carbonyl (C=O) groups excluding carboxylic acids is 1. The van der Waals surface area contributed by atoms with Gasteiger partial charge in [0.05, 0.1) is 5.69 Å². The summed E-state index contributed by atoms with van der Waals surface area (Å²) in [6.07, 6.45) is 0.575. The summed E-state index contributed by atoms with van der Waals surface area (Å²) < 4.78 is 18.7. The van der Waals surface area contributed by atoms with Crippen LogP contribution in [0.5, 0.6) is 0 Å². The summed E-state index contributed by atoms with van der Waals surface area (Å²) in [5, 5.41) is 3.55. The number of rotatable bonds is 5. The number of halogens is 1. The molecule has 0 aliphatic rings. The molecule has 0 spiro atoms. The first-order valence-electron chi connectivity index (χ1n) is 7.60. The van der Waals surface area contributed by atoms with Crippen molar-refractivity contribution in [3.8, 4) is 10.8 Å². The lowest BCUT2D eigenvalue weighted by atomic mass is 10.1. The molecule has 4 nitrogen and oxygen atoms in total. The van der Waals surface area contributed by atoms with Crippen molar-refractivity contribution in [1.29, 1.82) is 0 Å². The topological polar surface area (TPSA) is 55.1 Å². The standard InChI is InChI=1S/C18H17FN2O2S/c1-11-6-7-15(23-11)18-21-12(2)16(24-18)17(22)20-9-8-13-4-3-5-14(19)10-13/h3-7,10H,8-9H2,1-2H3,(H,20,22). The number of furan rings is 1. The van der Waals surface area contributed by atoms with Gasteiger partial charge in [-0.3, -0.25) is 4.79 Å². The molecule has 2 heterocycles. The summed E-state index contributed by atoms with van der Waals surface area (Å²) in [6, 6.07) is 10.1. The number of thiazole rings is 1. The molecule has 0 bridgehead atoms. The van der Waals surface area contributed by atoms with Crippen molar-refractivity contribution in [1.82, 2.24) is 10.3 Å². The molecule has 24 heavy (non-hydrogen) atoms. The second-order valence-corrected chi connectivity index (χ2v) is 6.48. The Hall–Kier alpha value is -2.47. The highest BCUT2D eigenvalue weighted by atomic mass is 32.1. The number of aromatic nitrogens is 1. The van der Waals surface area contributed by atoms with Gasteiger partial charge >= 0.3 is 0 Å². The summed E-state index contributed by atoms with van der Waals surface area (Å²) in [7, 11) is 0. The fourth-order valence-corrected chi connectivity index (χ4v) is 3.30. The monoisotopic (exact) mass is 344 g/mol. The van der Waals surface area contributed by atoms with Crippen molar-refractivity contribution in [2.24, 2.45) is 0 Å². The van der Waals surface area contributed by atoms with Crippen LogP contribution in [0, 0.1) is 19.7 Å². The minimum atomic E-state index is -0.268. The molecule has 0 fully saturated rings. The van der Waals surface area contributed by atoms with Gasteiger partial charge in [-0.25, -0.2) is 9.37 Å². The van der Waals surface area contributed by atoms with Crippen molar-refractivity contribution in [3.05, 3.63) is 64.1 Å². The minimum Gasteiger partial charge on any atom is -0.459 e. The maximum absolute atomic E-state index is 13.1. The van der Waals surface area contributed by atoms with E-state index in [1.165, 1.54) is 23.5 Å². The van der Waals surface area contributed by atoms with Gasteiger partial charge in [0.25, 0.3) is 5.91 Å². The van der Waals surface area contributed by atoms with Crippen molar-refractivity contribution < 1.29 is 13.6 Å². The molecule has 0 unspecified atom stereocenters. The van der Waals surface area contributed by atoms with Gasteiger partial charge in [0.1, 0.15) is 16.5 Å². The van der Waals surface area contributed by atoms with Gasteiger partial charge in [-0.2, -0.15) is 0 Å². The Balaban J connectivity index is 1.64. The lowest BCUT2D eigenvalue weighted by molar-refractivity contribution is 0.0957. The Morgan fingerprint density at radius 3 is 2.83 bits per heavy atom. The summed E-state index contributed by atoms with van der Waals surface area (Å²) in [4.78, 5) is 17.3. The van der Waals surface area contributed by atoms with Crippen LogP contribution in [0.2, 0.25) is 0 Å². The highest BCUT2D eigenvalue weighted by Gasteiger charge is 2.17. The minimum absolute atomic E-state index is 0.170. The van der Waals surface area contributed by atoms with Gasteiger partial charge in [0.2, 0.25) is 0 Å². The molecule has 124 valence electrons. The van der Waals surface area contributed by atoms with Crippen LogP contribution in [0.3, 0.4) is 0 Å². The van der Waals surface area contributed by atoms with Crippen molar-refractivity contribution in [3.63, 3.8) is 0 Å². The number of amides is 1. The van der Waals surface area contributed by atoms with Crippen LogP contribution < -0.4 is 5.32 Å². The third kappa shape index (κ3) is 3.71. The molecule has 3 aromatic rings. The third-order valence-corrected chi connectivity index (χ3v) is 4.71. The van der Waals surface area contributed by atoms with E-state index in [4.69, 9.17) is 4.42 Å². The van der Waals surface area contributed by atoms with Gasteiger partial charge in [0.15, 0.2) is 10.8 Å². The summed E-state index contributed by atoms with van der Waals surface area (Å²) >= 11 is 1.31. The number of hydrogen-bond donors (Lipinski definition) is 1. The molecule has 6 heteroatoms. The Morgan fingerprint density at radius 2 is 2.12 bits per heavy atom. The van der Waals surface area contributed by atoms with Crippen molar-refractivity contribution in [2.45, 2.75) is 20.3 Å². The highest BCUT2D eigenvalue weighted by Crippen LogP contribution is 2.29. The van der Waals surface area contributed by atoms with E-state index >= 15 is 0 Å². The predicted molar refractivity (Wildman–Crippen MR) is 91.7 cm³/mol. The molecule has 0 saturated carbocycles. The highest BCUT2D eigenvalue weighted by molar-refractivity contribution is 7.17. The molecule has 0 aliphatic heterocycles. The smallest absolute Gasteiger partial charge is 0.263 e. The zero-order valence-corrected chi connectivity index (χ0v) is 14.2. The summed E-state index contributed by atoms with van der Waals surface area (Å²) in [6.45, 7) is 4.11. The zero-order valence-electron chi connectivity index (χ0n) is 13.4. The Bertz CT molecular complexity index is 870. The van der Waals surface area contributed by atoms with Crippen LogP contribution in [0.25, 0.3) is 10.8 Å². The van der Waals surface area contributed by atoms with Gasteiger partial charge < -0.3 is 9.73 Å². The number of aryl methyl sites for hydroxylation is 2. The molecule has 0 saturated heterocycles. The third-order valence-electron chi connectivity index (χ3n) is 3.54. The molecular formula is C18H17FN2O2S. The lowest BCUT2D eigenvalue weighted by Crippen LogP contribution is -2.25. The van der Waals surface area contributed by atoms with Crippen LogP contribution >= 0.6 is 11.3 Å². The van der Waals surface area contributed by atoms with Gasteiger partial charge in [-0.15, -0.1) is 11.3 Å². The Labute approximate surface area is 143 Å². The van der Waals surface area contributed by atoms with E-state index in [2.05, 4.69) is 10.3 Å². The van der Waals surface area contributed by atoms with E-state index in [9.17, 15) is 9.18 Å². The first-order valence-corrected chi connectivity index (χ1v) is 8.41. The van der Waals surface area contributed by atoms with Crippen LogP contribution in [0.1, 0.15) is 26.7 Å². The van der Waals surface area contributed by atoms with Crippen LogP contribution in [0.4, 0.5) is 4.39 Å². The average Bonchev–Trinajstić information content (AvgIpc) is 3.13. The molecule has 1 N–H and O–H groups in total. The fourth-order valence-electron chi connectivity index (χ4n) is 2.36. The average molecular weight is 344 g/mol. The molecule has 0 atom stereocenters. The normalized spacial score (nSPS) is 10.8. The molecule has 1 aromatic carbocycles. The maximum Gasteiger partial charge on any atom is 0.263 e. The van der Waals surface area contributed by atoms with Crippen molar-refractivity contribution >= 4 is 17.2 Å². The second kappa shape index (κ2) is 6.97. The van der Waals surface area contributed by atoms with E-state index < -0.39 is 0 Å². The van der Waals surface area contributed by atoms with E-state index in [-0.39, 0.29) is 11.7 Å². The quantitative estimate of drug-likeness (QED) is 0.757. The number of carbonyl (C=O) groups is 1. The maximum atomic E-state index is 13.1. The van der Waals surface area contributed by atoms with E-state index in [0.717, 1.165) is 11.3 Å². The predicted octanol–water partition coefficient (Wildman–Crippen LogP) is 4.13. The number of nitrogens with one attached hydrogen (secondary N) is 1. The van der Waals surface area contributed by atoms with E-state index in [0.29, 0.717) is 34.3 Å². The molecule has 1 amide bonds. The summed E-state index contributed by atoms with van der Waals surface area (Å²) in [5.74, 6) is 1.03. The summed E-state index contributed by atoms with van der Waals surface area (Å²) in [5.41, 5.74) is 1.52. The number of hydrogen-bond acceptors (Lipinski definition) is 4. The van der Waals surface area contributed by atoms with Crippen molar-refractivity contribution in [2.75, 3.05) is 6.54 Å². The molecule has 3 rings (SSSR count). The number of benzene rings is 1. The van der Waals surface area contributed by atoms with Crippen LogP contribution in [-0.2, 0) is 6.42 Å². The van der Waals surface area contributed by atoms with E-state index in [1.807, 2.05) is 25.1 Å². The molecule has 2 aromatic heterocycles. The Kier molecular flexibility index (Phi) is 4.76. The SMILES string of the molecule is Cc1ccc(-c2nc(C)c(C(=O)NCCc3cccc(F)c3)s2)o1. The Morgan fingerprint density at radius 1 is 1.29 bits per heavy atom. The van der Waals surface area contributed by atoms with Gasteiger partial charge in [0, 0.05) is 6.54 Å². The number of nitrogens with zero attached hydrogens (tertiary/aromatic N) is 1.